The highest BCUT2D eigenvalue weighted by Gasteiger charge is 2.28. The average molecular weight is 284 g/mol. The van der Waals surface area contributed by atoms with Gasteiger partial charge in [0.2, 0.25) is 5.91 Å². The second kappa shape index (κ2) is 8.82. The number of carbonyl (C=O) groups excluding carboxylic acids is 2. The van der Waals surface area contributed by atoms with Gasteiger partial charge in [0.1, 0.15) is 0 Å². The Labute approximate surface area is 122 Å². The first-order chi connectivity index (χ1) is 9.63. The maximum atomic E-state index is 12.4. The molecule has 0 aromatic rings. The maximum absolute atomic E-state index is 12.4. The molecule has 116 valence electrons. The Morgan fingerprint density at radius 3 is 2.15 bits per heavy atom. The van der Waals surface area contributed by atoms with Crippen molar-refractivity contribution in [3.8, 4) is 0 Å². The van der Waals surface area contributed by atoms with Crippen molar-refractivity contribution in [1.29, 1.82) is 0 Å². The molecule has 1 aliphatic rings. The largest absolute Gasteiger partial charge is 0.450 e. The highest BCUT2D eigenvalue weighted by atomic mass is 16.6. The molecule has 1 heterocycles. The van der Waals surface area contributed by atoms with E-state index in [2.05, 4.69) is 13.8 Å². The topological polar surface area (TPSA) is 49.9 Å². The van der Waals surface area contributed by atoms with E-state index >= 15 is 0 Å². The van der Waals surface area contributed by atoms with Crippen LogP contribution in [0.4, 0.5) is 4.79 Å². The Bertz CT molecular complexity index is 312. The number of nitrogens with zero attached hydrogens (tertiary/aromatic N) is 2. The summed E-state index contributed by atoms with van der Waals surface area (Å²) in [5.41, 5.74) is 0. The summed E-state index contributed by atoms with van der Waals surface area (Å²) in [6, 6.07) is 0. The summed E-state index contributed by atoms with van der Waals surface area (Å²) < 4.78 is 4.98. The second-order valence-corrected chi connectivity index (χ2v) is 5.26. The highest BCUT2D eigenvalue weighted by Crippen LogP contribution is 2.17. The molecule has 1 fully saturated rings. The van der Waals surface area contributed by atoms with Crippen molar-refractivity contribution in [1.82, 2.24) is 9.80 Å². The van der Waals surface area contributed by atoms with Crippen LogP contribution in [0, 0.1) is 5.92 Å². The van der Waals surface area contributed by atoms with Gasteiger partial charge in [-0.05, 0) is 19.8 Å². The monoisotopic (exact) mass is 284 g/mol. The van der Waals surface area contributed by atoms with E-state index in [0.717, 1.165) is 25.7 Å². The van der Waals surface area contributed by atoms with Crippen molar-refractivity contribution in [2.75, 3.05) is 32.8 Å². The Balaban J connectivity index is 2.43. The molecule has 20 heavy (non-hydrogen) atoms. The second-order valence-electron chi connectivity index (χ2n) is 5.26. The van der Waals surface area contributed by atoms with E-state index in [0.29, 0.717) is 32.8 Å². The minimum absolute atomic E-state index is 0.143. The van der Waals surface area contributed by atoms with Gasteiger partial charge in [-0.1, -0.05) is 26.7 Å². The van der Waals surface area contributed by atoms with Gasteiger partial charge in [-0.25, -0.2) is 4.79 Å². The molecule has 0 N–H and O–H groups in total. The molecule has 0 spiro atoms. The first-order valence-corrected chi connectivity index (χ1v) is 7.84. The minimum Gasteiger partial charge on any atom is -0.450 e. The number of rotatable bonds is 6. The molecule has 0 aromatic carbocycles. The predicted octanol–water partition coefficient (Wildman–Crippen LogP) is 2.50. The van der Waals surface area contributed by atoms with Crippen LogP contribution >= 0.6 is 0 Å². The molecule has 1 atom stereocenters. The van der Waals surface area contributed by atoms with Crippen molar-refractivity contribution in [3.63, 3.8) is 0 Å². The number of hydrogen-bond donors (Lipinski definition) is 0. The van der Waals surface area contributed by atoms with Gasteiger partial charge in [0, 0.05) is 32.1 Å². The van der Waals surface area contributed by atoms with E-state index in [1.807, 2.05) is 4.90 Å². The van der Waals surface area contributed by atoms with Crippen LogP contribution in [0.15, 0.2) is 0 Å². The van der Waals surface area contributed by atoms with Gasteiger partial charge in [0.15, 0.2) is 0 Å². The normalized spacial score (nSPS) is 16.9. The Morgan fingerprint density at radius 1 is 1.05 bits per heavy atom. The lowest BCUT2D eigenvalue weighted by Crippen LogP contribution is -2.52. The first kappa shape index (κ1) is 16.8. The zero-order valence-corrected chi connectivity index (χ0v) is 13.1. The van der Waals surface area contributed by atoms with E-state index in [1.165, 1.54) is 0 Å². The number of hydrogen-bond acceptors (Lipinski definition) is 3. The molecule has 1 aliphatic heterocycles. The standard InChI is InChI=1S/C15H28N2O3/c1-4-7-8-13(5-2)14(18)16-9-11-17(12-10-16)15(19)20-6-3/h13H,4-12H2,1-3H3. The smallest absolute Gasteiger partial charge is 0.409 e. The first-order valence-electron chi connectivity index (χ1n) is 7.84. The molecular weight excluding hydrogens is 256 g/mol. The van der Waals surface area contributed by atoms with E-state index < -0.39 is 0 Å². The third kappa shape index (κ3) is 4.69. The summed E-state index contributed by atoms with van der Waals surface area (Å²) in [5.74, 6) is 0.397. The fourth-order valence-corrected chi connectivity index (χ4v) is 2.54. The third-order valence-corrected chi connectivity index (χ3v) is 3.87. The van der Waals surface area contributed by atoms with E-state index in [1.54, 1.807) is 11.8 Å². The molecule has 0 bridgehead atoms. The van der Waals surface area contributed by atoms with Crippen molar-refractivity contribution in [2.24, 2.45) is 5.92 Å². The van der Waals surface area contributed by atoms with Crippen LogP contribution in [0.2, 0.25) is 0 Å². The fraction of sp³-hybridized carbons (Fsp3) is 0.867. The molecule has 0 aromatic heterocycles. The van der Waals surface area contributed by atoms with Crippen LogP contribution in [0.1, 0.15) is 46.5 Å². The van der Waals surface area contributed by atoms with Gasteiger partial charge in [-0.3, -0.25) is 4.79 Å². The lowest BCUT2D eigenvalue weighted by molar-refractivity contribution is -0.137. The van der Waals surface area contributed by atoms with Crippen LogP contribution in [0.3, 0.4) is 0 Å². The third-order valence-electron chi connectivity index (χ3n) is 3.87. The van der Waals surface area contributed by atoms with E-state index in [9.17, 15) is 9.59 Å². The van der Waals surface area contributed by atoms with E-state index in [-0.39, 0.29) is 17.9 Å². The van der Waals surface area contributed by atoms with E-state index in [4.69, 9.17) is 4.74 Å². The summed E-state index contributed by atoms with van der Waals surface area (Å²) in [5, 5.41) is 0. The molecule has 0 saturated carbocycles. The molecular formula is C15H28N2O3. The highest BCUT2D eigenvalue weighted by molar-refractivity contribution is 5.79. The van der Waals surface area contributed by atoms with Gasteiger partial charge in [0.05, 0.1) is 6.61 Å². The number of piperazine rings is 1. The quantitative estimate of drug-likeness (QED) is 0.753. The molecule has 0 aliphatic carbocycles. The summed E-state index contributed by atoms with van der Waals surface area (Å²) in [6.07, 6.45) is 3.84. The lowest BCUT2D eigenvalue weighted by Gasteiger charge is -2.35. The van der Waals surface area contributed by atoms with Crippen molar-refractivity contribution in [3.05, 3.63) is 0 Å². The summed E-state index contributed by atoms with van der Waals surface area (Å²) in [6.45, 7) is 8.83. The Kier molecular flexibility index (Phi) is 7.41. The van der Waals surface area contributed by atoms with Crippen molar-refractivity contribution >= 4 is 12.0 Å². The molecule has 0 radical (unpaired) electrons. The van der Waals surface area contributed by atoms with Gasteiger partial charge < -0.3 is 14.5 Å². The summed E-state index contributed by atoms with van der Waals surface area (Å²) >= 11 is 0. The molecule has 5 nitrogen and oxygen atoms in total. The number of unbranched alkanes of at least 4 members (excludes halogenated alkanes) is 1. The Hall–Kier alpha value is -1.26. The van der Waals surface area contributed by atoms with Gasteiger partial charge in [0.25, 0.3) is 0 Å². The molecule has 1 rings (SSSR count). The van der Waals surface area contributed by atoms with Crippen LogP contribution in [-0.2, 0) is 9.53 Å². The summed E-state index contributed by atoms with van der Waals surface area (Å²) in [4.78, 5) is 27.6. The average Bonchev–Trinajstić information content (AvgIpc) is 2.48. The molecule has 1 saturated heterocycles. The number of carbonyl (C=O) groups is 2. The summed E-state index contributed by atoms with van der Waals surface area (Å²) in [7, 11) is 0. The molecule has 1 unspecified atom stereocenters. The van der Waals surface area contributed by atoms with Crippen LogP contribution < -0.4 is 0 Å². The van der Waals surface area contributed by atoms with Crippen LogP contribution in [-0.4, -0.2) is 54.6 Å². The lowest BCUT2D eigenvalue weighted by atomic mass is 9.97. The van der Waals surface area contributed by atoms with Gasteiger partial charge in [-0.2, -0.15) is 0 Å². The van der Waals surface area contributed by atoms with Gasteiger partial charge >= 0.3 is 6.09 Å². The Morgan fingerprint density at radius 2 is 1.65 bits per heavy atom. The molecule has 2 amide bonds. The zero-order chi connectivity index (χ0) is 15.0. The predicted molar refractivity (Wildman–Crippen MR) is 78.5 cm³/mol. The number of ether oxygens (including phenoxy) is 1. The van der Waals surface area contributed by atoms with Crippen LogP contribution in [0.25, 0.3) is 0 Å². The fourth-order valence-electron chi connectivity index (χ4n) is 2.54. The maximum Gasteiger partial charge on any atom is 0.409 e. The molecule has 5 heteroatoms. The van der Waals surface area contributed by atoms with Crippen molar-refractivity contribution < 1.29 is 14.3 Å². The van der Waals surface area contributed by atoms with Crippen LogP contribution in [0.5, 0.6) is 0 Å². The minimum atomic E-state index is -0.266. The number of amides is 2. The SMILES string of the molecule is CCCCC(CC)C(=O)N1CCN(C(=O)OCC)CC1. The van der Waals surface area contributed by atoms with Crippen molar-refractivity contribution in [2.45, 2.75) is 46.5 Å². The van der Waals surface area contributed by atoms with Gasteiger partial charge in [-0.15, -0.1) is 0 Å². The zero-order valence-electron chi connectivity index (χ0n) is 13.1.